The lowest BCUT2D eigenvalue weighted by molar-refractivity contribution is -0.828. The highest BCUT2D eigenvalue weighted by molar-refractivity contribution is 5.90. The van der Waals surface area contributed by atoms with Crippen LogP contribution in [0.4, 0.5) is 0 Å². The van der Waals surface area contributed by atoms with Crippen molar-refractivity contribution in [3.05, 3.63) is 11.1 Å². The molecule has 10 heteroatoms. The standard InChI is InChI=1S/C34H58N4O6/c1-4-5-6-7-23-9-11-26(40)17-28(23)44-21-32(43)19-33-22(2)8-10-24(16-27(33)29(32)30(41)42)34(33)20-38(31(35)36-3)14-12-25(34)18-37-13-15-39/h22-26,28,37,39-40,43H,4-21H2,1-3H3,(H2,35,36)(H,41,42)/t22-,23-,24-,25-,26-,28-,32-,33+,34-/m1/s1. The Kier molecular flexibility index (Phi) is 10.5. The van der Waals surface area contributed by atoms with Gasteiger partial charge >= 0.3 is 0 Å². The number of aliphatic hydroxyl groups is 3. The van der Waals surface area contributed by atoms with Crippen LogP contribution in [0.3, 0.4) is 0 Å². The summed E-state index contributed by atoms with van der Waals surface area (Å²) in [6.07, 6.45) is 9.77. The van der Waals surface area contributed by atoms with E-state index >= 15 is 0 Å². The number of piperidine rings is 1. The number of carbonyl (C=O) groups excluding carboxylic acids is 1. The van der Waals surface area contributed by atoms with Crippen LogP contribution in [0.1, 0.15) is 90.9 Å². The predicted octanol–water partition coefficient (Wildman–Crippen LogP) is 0.148. The van der Waals surface area contributed by atoms with Gasteiger partial charge in [-0.05, 0) is 81.6 Å². The zero-order valence-electron chi connectivity index (χ0n) is 27.3. The second-order valence-corrected chi connectivity index (χ2v) is 14.9. The number of likely N-dealkylation sites (tertiary alicyclic amines) is 1. The first-order chi connectivity index (χ1) is 21.1. The van der Waals surface area contributed by atoms with Gasteiger partial charge in [0.2, 0.25) is 0 Å². The Morgan fingerprint density at radius 3 is 2.73 bits per heavy atom. The van der Waals surface area contributed by atoms with Gasteiger partial charge in [-0.2, -0.15) is 0 Å². The summed E-state index contributed by atoms with van der Waals surface area (Å²) in [6, 6.07) is 0. The molecule has 0 aromatic rings. The first-order valence-corrected chi connectivity index (χ1v) is 17.4. The molecule has 10 nitrogen and oxygen atoms in total. The number of rotatable bonds is 12. The zero-order valence-corrected chi connectivity index (χ0v) is 27.3. The van der Waals surface area contributed by atoms with Gasteiger partial charge in [0.15, 0.2) is 0 Å². The fourth-order valence-corrected chi connectivity index (χ4v) is 10.9. The minimum atomic E-state index is -1.67. The van der Waals surface area contributed by atoms with Crippen LogP contribution in [0, 0.1) is 34.5 Å². The summed E-state index contributed by atoms with van der Waals surface area (Å²) in [7, 11) is 1.73. The molecule has 4 fully saturated rings. The lowest BCUT2D eigenvalue weighted by Crippen LogP contribution is -3.19. The second kappa shape index (κ2) is 13.7. The number of allylic oxidation sites excluding steroid dienone is 1. The van der Waals surface area contributed by atoms with Gasteiger partial charge in [0.25, 0.3) is 5.96 Å². The molecule has 0 aromatic carbocycles. The molecule has 5 rings (SSSR count). The Morgan fingerprint density at radius 2 is 2.02 bits per heavy atom. The molecule has 0 radical (unpaired) electrons. The zero-order chi connectivity index (χ0) is 31.7. The fourth-order valence-electron chi connectivity index (χ4n) is 10.9. The fraction of sp³-hybridized carbons (Fsp3) is 0.882. The van der Waals surface area contributed by atoms with Gasteiger partial charge in [0, 0.05) is 36.4 Å². The van der Waals surface area contributed by atoms with Crippen LogP contribution >= 0.6 is 0 Å². The first-order valence-electron chi connectivity index (χ1n) is 17.4. The van der Waals surface area contributed by atoms with Crippen molar-refractivity contribution in [2.24, 2.45) is 45.2 Å². The third-order valence-electron chi connectivity index (χ3n) is 12.8. The van der Waals surface area contributed by atoms with Gasteiger partial charge in [0.1, 0.15) is 5.60 Å². The van der Waals surface area contributed by atoms with Crippen molar-refractivity contribution < 1.29 is 34.9 Å². The van der Waals surface area contributed by atoms with E-state index in [-0.39, 0.29) is 48.1 Å². The van der Waals surface area contributed by atoms with E-state index in [4.69, 9.17) is 10.5 Å². The molecular formula is C34H58N4O6. The molecular weight excluding hydrogens is 560 g/mol. The number of ether oxygens (including phenoxy) is 1. The SMILES string of the molecule is CCCCC[C@@H]1CC[C@@H](O)C[C@H]1OC[C@]1(O)C[C@@]23C(=C1C(=O)[O-])C[C@@H](CC[C@H]2C)[C@@]31C[NH+](C(N)=NC)CC[C@@H]1CNCCO. The van der Waals surface area contributed by atoms with Gasteiger partial charge in [-0.1, -0.05) is 38.7 Å². The molecule has 4 aliphatic carbocycles. The molecule has 1 aliphatic heterocycles. The average Bonchev–Trinajstić information content (AvgIpc) is 3.35. The minimum absolute atomic E-state index is 0.0540. The Bertz CT molecular complexity index is 1100. The molecule has 2 bridgehead atoms. The summed E-state index contributed by atoms with van der Waals surface area (Å²) in [4.78, 5) is 18.6. The second-order valence-electron chi connectivity index (χ2n) is 14.9. The van der Waals surface area contributed by atoms with E-state index < -0.39 is 23.1 Å². The third kappa shape index (κ3) is 5.66. The van der Waals surface area contributed by atoms with Crippen LogP contribution in [-0.4, -0.2) is 91.5 Å². The van der Waals surface area contributed by atoms with Crippen molar-refractivity contribution >= 4 is 11.9 Å². The molecule has 44 heavy (non-hydrogen) atoms. The van der Waals surface area contributed by atoms with E-state index in [1.54, 1.807) is 7.05 Å². The van der Waals surface area contributed by atoms with Gasteiger partial charge in [-0.25, -0.2) is 4.99 Å². The maximum Gasteiger partial charge on any atom is 0.293 e. The number of guanidine groups is 1. The Balaban J connectivity index is 1.52. The number of nitrogens with zero attached hydrogens (tertiary/aromatic N) is 1. The topological polar surface area (TPSA) is 165 Å². The van der Waals surface area contributed by atoms with Crippen molar-refractivity contribution in [3.8, 4) is 0 Å². The smallest absolute Gasteiger partial charge is 0.293 e. The van der Waals surface area contributed by atoms with Crippen LogP contribution < -0.4 is 21.1 Å². The molecule has 0 amide bonds. The molecule has 1 saturated heterocycles. The number of aliphatic imine (C=N–C) groups is 1. The summed E-state index contributed by atoms with van der Waals surface area (Å²) in [5, 5.41) is 49.1. The van der Waals surface area contributed by atoms with E-state index in [0.29, 0.717) is 37.7 Å². The van der Waals surface area contributed by atoms with Crippen molar-refractivity contribution in [2.45, 2.75) is 109 Å². The average molecular weight is 619 g/mol. The Hall–Kier alpha value is -1.56. The van der Waals surface area contributed by atoms with Crippen molar-refractivity contribution in [1.82, 2.24) is 5.32 Å². The van der Waals surface area contributed by atoms with Crippen LogP contribution in [0.2, 0.25) is 0 Å². The van der Waals surface area contributed by atoms with E-state index in [0.717, 1.165) is 87.9 Å². The van der Waals surface area contributed by atoms with Gasteiger partial charge in [-0.3, -0.25) is 4.90 Å². The van der Waals surface area contributed by atoms with Gasteiger partial charge in [0.05, 0.1) is 44.5 Å². The van der Waals surface area contributed by atoms with E-state index in [1.807, 2.05) is 0 Å². The summed E-state index contributed by atoms with van der Waals surface area (Å²) in [6.45, 7) is 7.21. The molecule has 2 spiro atoms. The molecule has 1 heterocycles. The number of aliphatic carboxylic acids is 1. The van der Waals surface area contributed by atoms with Crippen LogP contribution in [0.5, 0.6) is 0 Å². The number of carboxylic acids is 1. The summed E-state index contributed by atoms with van der Waals surface area (Å²) in [5.41, 5.74) is 4.92. The summed E-state index contributed by atoms with van der Waals surface area (Å²) in [5.74, 6) is 0.251. The molecule has 1 unspecified atom stereocenters. The monoisotopic (exact) mass is 618 g/mol. The molecule has 3 saturated carbocycles. The maximum atomic E-state index is 13.1. The number of quaternary nitrogens is 1. The number of hydrogen-bond acceptors (Lipinski definition) is 8. The van der Waals surface area contributed by atoms with Crippen LogP contribution in [0.15, 0.2) is 16.1 Å². The molecule has 5 aliphatic rings. The highest BCUT2D eigenvalue weighted by atomic mass is 16.5. The van der Waals surface area contributed by atoms with Gasteiger partial charge < -0.3 is 41.0 Å². The molecule has 250 valence electrons. The van der Waals surface area contributed by atoms with Crippen LogP contribution in [-0.2, 0) is 9.53 Å². The molecule has 10 atom stereocenters. The van der Waals surface area contributed by atoms with E-state index in [1.165, 1.54) is 0 Å². The summed E-state index contributed by atoms with van der Waals surface area (Å²) < 4.78 is 6.54. The maximum absolute atomic E-state index is 13.1. The lowest BCUT2D eigenvalue weighted by atomic mass is 9.45. The number of carboxylic acid groups (broad SMARTS) is 1. The Labute approximate surface area is 263 Å². The quantitative estimate of drug-likeness (QED) is 0.102. The number of unbranched alkanes of at least 4 members (excludes halogenated alkanes) is 2. The highest BCUT2D eigenvalue weighted by Crippen LogP contribution is 2.76. The number of aliphatic hydroxyl groups excluding tert-OH is 2. The van der Waals surface area contributed by atoms with Crippen molar-refractivity contribution in [3.63, 3.8) is 0 Å². The van der Waals surface area contributed by atoms with Gasteiger partial charge in [-0.15, -0.1) is 0 Å². The van der Waals surface area contributed by atoms with E-state index in [2.05, 4.69) is 24.2 Å². The number of carbonyl (C=O) groups is 1. The predicted molar refractivity (Wildman–Crippen MR) is 167 cm³/mol. The largest absolute Gasteiger partial charge is 0.545 e. The number of nitrogens with two attached hydrogens (primary N) is 1. The molecule has 7 N–H and O–H groups in total. The molecule has 0 aromatic heterocycles. The number of hydrogen-bond donors (Lipinski definition) is 6. The first kappa shape index (κ1) is 33.8. The van der Waals surface area contributed by atoms with E-state index in [9.17, 15) is 25.2 Å². The summed E-state index contributed by atoms with van der Waals surface area (Å²) >= 11 is 0. The third-order valence-corrected chi connectivity index (χ3v) is 12.8. The Morgan fingerprint density at radius 1 is 1.23 bits per heavy atom. The lowest BCUT2D eigenvalue weighted by Gasteiger charge is -2.60. The van der Waals surface area contributed by atoms with Crippen molar-refractivity contribution in [2.75, 3.05) is 46.4 Å². The normalized spacial score (nSPS) is 42.2. The number of nitrogens with one attached hydrogen (secondary N) is 2. The van der Waals surface area contributed by atoms with Crippen LogP contribution in [0.25, 0.3) is 0 Å². The minimum Gasteiger partial charge on any atom is -0.545 e. The highest BCUT2D eigenvalue weighted by Gasteiger charge is 2.75. The van der Waals surface area contributed by atoms with Crippen molar-refractivity contribution in [1.29, 1.82) is 0 Å².